The van der Waals surface area contributed by atoms with E-state index in [1.165, 1.54) is 60.9 Å². The van der Waals surface area contributed by atoms with Crippen LogP contribution in [0.5, 0.6) is 0 Å². The zero-order valence-corrected chi connectivity index (χ0v) is 24.5. The van der Waals surface area contributed by atoms with Crippen LogP contribution < -0.4 is 4.90 Å². The maximum Gasteiger partial charge on any atom is 0.0793 e. The fraction of sp³-hybridized carbons (Fsp3) is 0.657. The second kappa shape index (κ2) is 12.8. The number of aliphatic hydroxyl groups is 1. The Bertz CT molecular complexity index is 978. The average Bonchev–Trinajstić information content (AvgIpc) is 3.46. The van der Waals surface area contributed by atoms with Crippen LogP contribution >= 0.6 is 0 Å². The highest BCUT2D eigenvalue weighted by atomic mass is 16.3. The molecule has 0 bridgehead atoms. The monoisotopic (exact) mass is 503 g/mol. The summed E-state index contributed by atoms with van der Waals surface area (Å²) in [4.78, 5) is 2.80. The van der Waals surface area contributed by atoms with Crippen LogP contribution in [0.25, 0.3) is 0 Å². The second-order valence-electron chi connectivity index (χ2n) is 12.4. The van der Waals surface area contributed by atoms with Crippen molar-refractivity contribution < 1.29 is 5.11 Å². The van der Waals surface area contributed by atoms with Crippen LogP contribution in [0, 0.1) is 23.7 Å². The minimum atomic E-state index is -0.372. The first-order valence-electron chi connectivity index (χ1n) is 15.5. The highest BCUT2D eigenvalue weighted by Gasteiger charge is 2.47. The van der Waals surface area contributed by atoms with Gasteiger partial charge in [0.2, 0.25) is 0 Å². The molecule has 37 heavy (non-hydrogen) atoms. The molecule has 2 aliphatic rings. The summed E-state index contributed by atoms with van der Waals surface area (Å²) < 4.78 is 0. The summed E-state index contributed by atoms with van der Waals surface area (Å²) in [5.74, 6) is 3.61. The molecule has 2 aromatic carbocycles. The fourth-order valence-electron chi connectivity index (χ4n) is 7.57. The quantitative estimate of drug-likeness (QED) is 0.312. The van der Waals surface area contributed by atoms with Crippen LogP contribution in [-0.4, -0.2) is 11.1 Å². The van der Waals surface area contributed by atoms with Crippen molar-refractivity contribution >= 4 is 5.69 Å². The van der Waals surface area contributed by atoms with Gasteiger partial charge in [-0.1, -0.05) is 110 Å². The summed E-state index contributed by atoms with van der Waals surface area (Å²) in [5, 5.41) is 11.3. The maximum atomic E-state index is 11.3. The van der Waals surface area contributed by atoms with Gasteiger partial charge in [-0.25, -0.2) is 0 Å². The van der Waals surface area contributed by atoms with Crippen molar-refractivity contribution in [3.63, 3.8) is 0 Å². The average molecular weight is 504 g/mol. The Kier molecular flexibility index (Phi) is 9.79. The Morgan fingerprint density at radius 3 is 2.27 bits per heavy atom. The van der Waals surface area contributed by atoms with E-state index in [0.717, 1.165) is 43.6 Å². The van der Waals surface area contributed by atoms with Crippen molar-refractivity contribution in [1.29, 1.82) is 0 Å². The highest BCUT2D eigenvalue weighted by Crippen LogP contribution is 2.57. The molecule has 0 aromatic heterocycles. The lowest BCUT2D eigenvalue weighted by atomic mass is 9.53. The fourth-order valence-corrected chi connectivity index (χ4v) is 7.57. The summed E-state index contributed by atoms with van der Waals surface area (Å²) in [6, 6.07) is 16.4. The number of hydrogen-bond donors (Lipinski definition) is 1. The molecule has 2 aromatic rings. The van der Waals surface area contributed by atoms with Gasteiger partial charge in [0.05, 0.1) is 6.10 Å². The van der Waals surface area contributed by atoms with Crippen LogP contribution in [0.2, 0.25) is 0 Å². The van der Waals surface area contributed by atoms with E-state index in [0.29, 0.717) is 17.9 Å². The third kappa shape index (κ3) is 5.95. The maximum absolute atomic E-state index is 11.3. The van der Waals surface area contributed by atoms with Crippen molar-refractivity contribution in [1.82, 2.24) is 0 Å². The van der Waals surface area contributed by atoms with Crippen molar-refractivity contribution in [2.24, 2.45) is 23.7 Å². The van der Waals surface area contributed by atoms with Gasteiger partial charge in [0.1, 0.15) is 0 Å². The topological polar surface area (TPSA) is 23.5 Å². The molecular formula is C35H53NO. The third-order valence-electron chi connectivity index (χ3n) is 10.1. The van der Waals surface area contributed by atoms with Gasteiger partial charge < -0.3 is 10.0 Å². The lowest BCUT2D eigenvalue weighted by Gasteiger charge is -2.52. The molecule has 204 valence electrons. The third-order valence-corrected chi connectivity index (χ3v) is 10.1. The molecule has 1 N–H and O–H groups in total. The minimum absolute atomic E-state index is 0.372. The summed E-state index contributed by atoms with van der Waals surface area (Å²) in [6.45, 7) is 15.2. The Hall–Kier alpha value is -1.80. The molecule has 6 unspecified atom stereocenters. The molecule has 0 spiro atoms. The van der Waals surface area contributed by atoms with Gasteiger partial charge in [0, 0.05) is 18.3 Å². The Morgan fingerprint density at radius 1 is 0.946 bits per heavy atom. The first-order chi connectivity index (χ1) is 17.9. The molecule has 2 fully saturated rings. The van der Waals surface area contributed by atoms with Crippen LogP contribution in [-0.2, 0) is 13.0 Å². The van der Waals surface area contributed by atoms with Gasteiger partial charge in [-0.15, -0.1) is 0 Å². The largest absolute Gasteiger partial charge is 0.388 e. The molecule has 2 heteroatoms. The molecule has 2 aliphatic carbocycles. The highest BCUT2D eigenvalue weighted by molar-refractivity contribution is 5.66. The van der Waals surface area contributed by atoms with Crippen molar-refractivity contribution in [3.8, 4) is 0 Å². The molecule has 2 nitrogen and oxygen atoms in total. The van der Waals surface area contributed by atoms with E-state index in [1.807, 2.05) is 0 Å². The van der Waals surface area contributed by atoms with Crippen molar-refractivity contribution in [2.75, 3.05) is 4.90 Å². The normalized spacial score (nSPS) is 25.6. The molecular weight excluding hydrogens is 450 g/mol. The zero-order chi connectivity index (χ0) is 26.5. The van der Waals surface area contributed by atoms with E-state index in [9.17, 15) is 5.11 Å². The zero-order valence-electron chi connectivity index (χ0n) is 24.5. The van der Waals surface area contributed by atoms with E-state index >= 15 is 0 Å². The number of aliphatic hydroxyl groups excluding tert-OH is 1. The van der Waals surface area contributed by atoms with Gasteiger partial charge in [0.25, 0.3) is 0 Å². The van der Waals surface area contributed by atoms with Crippen molar-refractivity contribution in [2.45, 2.75) is 124 Å². The van der Waals surface area contributed by atoms with Crippen LogP contribution in [0.1, 0.15) is 127 Å². The van der Waals surface area contributed by atoms with E-state index in [1.54, 1.807) is 5.56 Å². The molecule has 0 aliphatic heterocycles. The smallest absolute Gasteiger partial charge is 0.0793 e. The SMILES string of the molecule is CCCC(O)c1ccc(C2C(C)C(C)C2CC(C)CC)c(N(Cc2ccccc2)C2CCCC2)c1CC. The van der Waals surface area contributed by atoms with Crippen LogP contribution in [0.3, 0.4) is 0 Å². The van der Waals surface area contributed by atoms with Gasteiger partial charge in [0.15, 0.2) is 0 Å². The Morgan fingerprint density at radius 2 is 1.65 bits per heavy atom. The first-order valence-corrected chi connectivity index (χ1v) is 15.5. The lowest BCUT2D eigenvalue weighted by Crippen LogP contribution is -2.44. The Labute approximate surface area is 227 Å². The lowest BCUT2D eigenvalue weighted by molar-refractivity contribution is 0.0408. The molecule has 0 heterocycles. The van der Waals surface area contributed by atoms with Gasteiger partial charge in [-0.2, -0.15) is 0 Å². The van der Waals surface area contributed by atoms with Gasteiger partial charge in [-0.05, 0) is 83.9 Å². The number of benzene rings is 2. The van der Waals surface area contributed by atoms with Gasteiger partial charge in [-0.3, -0.25) is 0 Å². The van der Waals surface area contributed by atoms with E-state index < -0.39 is 0 Å². The Balaban J connectivity index is 1.87. The van der Waals surface area contributed by atoms with E-state index in [2.05, 4.69) is 88.9 Å². The number of nitrogens with zero attached hydrogens (tertiary/aromatic N) is 1. The molecule has 0 saturated heterocycles. The summed E-state index contributed by atoms with van der Waals surface area (Å²) in [6.07, 6.45) is 10.3. The summed E-state index contributed by atoms with van der Waals surface area (Å²) in [5.41, 5.74) is 7.05. The first kappa shape index (κ1) is 28.2. The molecule has 0 amide bonds. The van der Waals surface area contributed by atoms with Crippen molar-refractivity contribution in [3.05, 3.63) is 64.7 Å². The second-order valence-corrected chi connectivity index (χ2v) is 12.4. The van der Waals surface area contributed by atoms with E-state index in [-0.39, 0.29) is 6.10 Å². The standard InChI is InChI=1S/C35H53NO/c1-7-15-33(37)30-20-21-31(34-26(6)25(5)32(34)22-24(4)8-2)35(29(30)9-3)36(28-18-13-14-19-28)23-27-16-11-10-12-17-27/h10-12,16-17,20-21,24-26,28,32-34,37H,7-9,13-15,18-19,22-23H2,1-6H3. The number of hydrogen-bond acceptors (Lipinski definition) is 2. The predicted molar refractivity (Wildman–Crippen MR) is 159 cm³/mol. The van der Waals surface area contributed by atoms with Crippen LogP contribution in [0.15, 0.2) is 42.5 Å². The van der Waals surface area contributed by atoms with Crippen LogP contribution in [0.4, 0.5) is 5.69 Å². The summed E-state index contributed by atoms with van der Waals surface area (Å²) in [7, 11) is 0. The minimum Gasteiger partial charge on any atom is -0.388 e. The number of rotatable bonds is 12. The van der Waals surface area contributed by atoms with Gasteiger partial charge >= 0.3 is 0 Å². The molecule has 2 saturated carbocycles. The van der Waals surface area contributed by atoms with E-state index in [4.69, 9.17) is 0 Å². The number of anilines is 1. The molecule has 6 atom stereocenters. The molecule has 4 rings (SSSR count). The summed E-state index contributed by atoms with van der Waals surface area (Å²) >= 11 is 0. The molecule has 0 radical (unpaired) electrons. The predicted octanol–water partition coefficient (Wildman–Crippen LogP) is 9.45.